The molecule has 4 unspecified atom stereocenters. The van der Waals surface area contributed by atoms with E-state index in [4.69, 9.17) is 8.83 Å². The van der Waals surface area contributed by atoms with Crippen molar-refractivity contribution < 1.29 is 60.7 Å². The van der Waals surface area contributed by atoms with Crippen LogP contribution in [-0.4, -0.2) is 20.3 Å². The molecule has 0 amide bonds. The third kappa shape index (κ3) is 12.7. The third-order valence-corrected chi connectivity index (χ3v) is 27.7. The van der Waals surface area contributed by atoms with Crippen LogP contribution in [0.25, 0.3) is 139 Å². The number of para-hydroxylation sites is 2. The van der Waals surface area contributed by atoms with Crippen LogP contribution in [0.1, 0.15) is 95.7 Å². The Morgan fingerprint density at radius 3 is 1.47 bits per heavy atom. The van der Waals surface area contributed by atoms with Gasteiger partial charge in [-0.15, -0.1) is 81.5 Å². The Hall–Kier alpha value is -15.7. The molecule has 637 valence electrons. The summed E-state index contributed by atoms with van der Waals surface area (Å²) >= 11 is 0. The Kier molecular flexibility index (Phi) is 20.3. The van der Waals surface area contributed by atoms with E-state index in [1.807, 2.05) is 91.1 Å². The monoisotopic (exact) mass is 1900 g/mol. The number of halogens is 1. The van der Waals surface area contributed by atoms with Gasteiger partial charge in [0.1, 0.15) is 61.5 Å². The first-order valence-corrected chi connectivity index (χ1v) is 45.6. The molecule has 4 atom stereocenters. The summed E-state index contributed by atoms with van der Waals surface area (Å²) in [5, 5.41) is 4.57. The van der Waals surface area contributed by atoms with Crippen LogP contribution in [0.3, 0.4) is 0 Å². The molecule has 12 aromatic carbocycles. The minimum atomic E-state index is -0.480. The van der Waals surface area contributed by atoms with E-state index in [9.17, 15) is 4.39 Å². The van der Waals surface area contributed by atoms with Gasteiger partial charge in [-0.3, -0.25) is 0 Å². The van der Waals surface area contributed by atoms with Gasteiger partial charge in [-0.2, -0.15) is 0 Å². The van der Waals surface area contributed by atoms with Crippen molar-refractivity contribution in [2.45, 2.75) is 63.4 Å². The van der Waals surface area contributed by atoms with Gasteiger partial charge >= 0.3 is 17.0 Å². The molecule has 0 N–H and O–H groups in total. The molecule has 0 saturated heterocycles. The Labute approximate surface area is 784 Å². The molecule has 21 aromatic rings. The zero-order valence-corrected chi connectivity index (χ0v) is 76.1. The SMILES string of the molecule is CC(C)c1ccnc(-c2[c-]ccc3c2oc2ccccc23)c1.CC1CC2=[N+](C=C1c1ccc(F)cc1)C1(c3ccccc32)c2ccccc2-c2cccc[n+]21.CCc1cc2[n+](cc1-c1ccccc1)C1(c3ccccc3-c3cccc[n+]31)c1ccccc1-2.[Ir].[c-]1ccccc1-c1ccccn1.c1ccc2c(c1)-c1cccc[n+]1C21c2ccc3c(oc4ccccc43)c2-c2cccc[n+]21. The Bertz CT molecular complexity index is 8090. The number of rotatable bonds is 6. The molecule has 28 rings (SSSR count). The molecular weight excluding hydrogens is 1810 g/mol. The average Bonchev–Trinajstić information content (AvgIpc) is 1.52. The zero-order valence-electron chi connectivity index (χ0n) is 73.7. The zero-order chi connectivity index (χ0) is 88.3. The van der Waals surface area contributed by atoms with Crippen molar-refractivity contribution >= 4 is 55.2 Å². The fourth-order valence-corrected chi connectivity index (χ4v) is 22.0. The summed E-state index contributed by atoms with van der Waals surface area (Å²) in [7, 11) is 0. The standard InChI is InChI=1S/C31H24N2.C30H23FN2.C29H18N2O.C20H16NO.C11H8N.Ir/c1-2-22-20-30-25-15-7-9-17-28(25)31(33(30)21-26(22)23-12-4-3-5-13-23)27-16-8-6-14-24(27)29-18-10-11-19-32(29)31;1-20-18-29-24-9-3-5-11-27(24)30(33(29)19-25(20)21-13-15-22(31)16-14-21)26-10-4-2-8-23(26)28-12-6-7-17-32(28)30;1-3-11-22-21(10-1)24-12-5-7-17-30(24)29(22)23-16-15-20-19-9-2-4-14-26(19)32-28(20)27(23)25-13-6-8-18-31(25)29;1-13(2)14-10-11-21-18(12-14)17-8-5-7-16-15-6-3-4-9-19(15)22-20(16)17;1-2-6-10(7-3-1)11-8-4-5-9-12-11;/h3-21H,2H2,1H3;2-17,19-20H,18H2,1H3;1-18H;3-7,9-13H,1-2H3;1-6,8-9H;/q3*+2;2*-1;. The minimum Gasteiger partial charge on any atom is -0.501 e. The van der Waals surface area contributed by atoms with Crippen LogP contribution in [0.5, 0.6) is 0 Å². The van der Waals surface area contributed by atoms with Crippen LogP contribution in [0.4, 0.5) is 4.39 Å². The number of fused-ring (bicyclic) bond motifs is 36. The summed E-state index contributed by atoms with van der Waals surface area (Å²) in [4.78, 5) is 8.74. The van der Waals surface area contributed by atoms with Crippen molar-refractivity contribution in [3.8, 4) is 89.9 Å². The molecule has 1 radical (unpaired) electrons. The maximum atomic E-state index is 13.7. The number of furan rings is 2. The first-order chi connectivity index (χ1) is 65.1. The first-order valence-electron chi connectivity index (χ1n) is 45.6. The number of hydrogen-bond acceptors (Lipinski definition) is 4. The quantitative estimate of drug-likeness (QED) is 0.123. The predicted molar refractivity (Wildman–Crippen MR) is 519 cm³/mol. The predicted octanol–water partition coefficient (Wildman–Crippen LogP) is 25.0. The molecule has 0 bridgehead atoms. The van der Waals surface area contributed by atoms with Gasteiger partial charge in [0.2, 0.25) is 28.5 Å². The van der Waals surface area contributed by atoms with Crippen LogP contribution in [-0.2, 0) is 43.5 Å². The van der Waals surface area contributed by atoms with E-state index >= 15 is 0 Å². The maximum absolute atomic E-state index is 13.7. The van der Waals surface area contributed by atoms with Gasteiger partial charge < -0.3 is 18.8 Å². The second-order valence-corrected chi connectivity index (χ2v) is 35.0. The Morgan fingerprint density at radius 1 is 0.391 bits per heavy atom. The summed E-state index contributed by atoms with van der Waals surface area (Å²) in [6.45, 7) is 8.90. The molecule has 0 aliphatic carbocycles. The Morgan fingerprint density at radius 2 is 0.887 bits per heavy atom. The topological polar surface area (TPSA) is 74.5 Å². The van der Waals surface area contributed by atoms with Crippen molar-refractivity contribution in [2.24, 2.45) is 5.92 Å². The molecule has 0 fully saturated rings. The number of allylic oxidation sites excluding steroid dienone is 1. The fourth-order valence-electron chi connectivity index (χ4n) is 22.0. The van der Waals surface area contributed by atoms with Gasteiger partial charge in [-0.25, -0.2) is 4.39 Å². The van der Waals surface area contributed by atoms with Gasteiger partial charge in [0.15, 0.2) is 42.9 Å². The number of hydrogen-bond donors (Lipinski definition) is 0. The Balaban J connectivity index is 0.0000000968. The van der Waals surface area contributed by atoms with E-state index in [1.54, 1.807) is 18.3 Å². The van der Waals surface area contributed by atoms with Crippen LogP contribution in [0.15, 0.2) is 441 Å². The molecule has 9 aromatic heterocycles. The second kappa shape index (κ2) is 33.0. The number of benzene rings is 12. The summed E-state index contributed by atoms with van der Waals surface area (Å²) in [5.41, 5.74) is 36.6. The van der Waals surface area contributed by atoms with Gasteiger partial charge in [0, 0.05) is 121 Å². The van der Waals surface area contributed by atoms with E-state index in [-0.39, 0.29) is 25.9 Å². The summed E-state index contributed by atoms with van der Waals surface area (Å²) in [6.07, 6.45) is 19.2. The minimum absolute atomic E-state index is 0. The molecule has 12 heteroatoms. The summed E-state index contributed by atoms with van der Waals surface area (Å²) in [5.74, 6) is 0.604. The van der Waals surface area contributed by atoms with E-state index in [2.05, 4.69) is 400 Å². The van der Waals surface area contributed by atoms with Gasteiger partial charge in [0.05, 0.1) is 33.4 Å². The molecule has 16 heterocycles. The number of nitrogens with zero attached hydrogens (tertiary/aromatic N) is 8. The van der Waals surface area contributed by atoms with Crippen LogP contribution in [0.2, 0.25) is 0 Å². The van der Waals surface area contributed by atoms with Gasteiger partial charge in [-0.1, -0.05) is 202 Å². The fraction of sp³-hybridized carbons (Fsp3) is 0.0909. The molecule has 10 nitrogen and oxygen atoms in total. The average molecular weight is 1900 g/mol. The molecule has 133 heavy (non-hydrogen) atoms. The smallest absolute Gasteiger partial charge is 0.417 e. The molecule has 7 aliphatic rings. The van der Waals surface area contributed by atoms with Crippen molar-refractivity contribution in [3.63, 3.8) is 0 Å². The van der Waals surface area contributed by atoms with Crippen LogP contribution >= 0.6 is 0 Å². The van der Waals surface area contributed by atoms with E-state index in [0.29, 0.717) is 11.8 Å². The number of aryl methyl sites for hydroxylation is 1. The van der Waals surface area contributed by atoms with E-state index < -0.39 is 17.0 Å². The van der Waals surface area contributed by atoms with Crippen molar-refractivity contribution in [1.82, 2.24) is 9.97 Å². The van der Waals surface area contributed by atoms with Crippen LogP contribution < -0.4 is 22.8 Å². The van der Waals surface area contributed by atoms with Crippen molar-refractivity contribution in [2.75, 3.05) is 0 Å². The molecule has 0 saturated carbocycles. The summed E-state index contributed by atoms with van der Waals surface area (Å²) in [6, 6.07) is 140. The second-order valence-electron chi connectivity index (χ2n) is 35.0. The number of aromatic nitrogens is 7. The maximum Gasteiger partial charge on any atom is 0.417 e. The molecule has 3 spiro atoms. The molecule has 7 aliphatic heterocycles. The van der Waals surface area contributed by atoms with Crippen molar-refractivity contribution in [1.29, 1.82) is 0 Å². The van der Waals surface area contributed by atoms with E-state index in [0.717, 1.165) is 84.8 Å². The molecular formula is C121H89FIrN8O2+4. The largest absolute Gasteiger partial charge is 0.501 e. The van der Waals surface area contributed by atoms with Crippen LogP contribution in [0, 0.1) is 23.9 Å². The number of pyridine rings is 7. The third-order valence-electron chi connectivity index (χ3n) is 27.7. The summed E-state index contributed by atoms with van der Waals surface area (Å²) < 4.78 is 41.0. The normalized spacial score (nSPS) is 16.6. The van der Waals surface area contributed by atoms with Crippen molar-refractivity contribution in [3.05, 3.63) is 505 Å². The first kappa shape index (κ1) is 81.7. The van der Waals surface area contributed by atoms with Gasteiger partial charge in [0.25, 0.3) is 0 Å². The van der Waals surface area contributed by atoms with Gasteiger partial charge in [-0.05, 0) is 180 Å². The van der Waals surface area contributed by atoms with E-state index in [1.165, 1.54) is 129 Å².